The number of thiophene rings is 1. The van der Waals surface area contributed by atoms with Crippen LogP contribution in [-0.4, -0.2) is 97.5 Å². The van der Waals surface area contributed by atoms with Gasteiger partial charge in [-0.05, 0) is 43.0 Å². The molecule has 9 nitrogen and oxygen atoms in total. The fraction of sp³-hybridized carbons (Fsp3) is 0.441. The summed E-state index contributed by atoms with van der Waals surface area (Å²) >= 11 is 1.57. The Balaban J connectivity index is 0.968. The number of carbonyl (C=O) groups is 3. The Hall–Kier alpha value is -3.57. The highest BCUT2D eigenvalue weighted by Crippen LogP contribution is 2.28. The lowest BCUT2D eigenvalue weighted by Gasteiger charge is -2.31. The third-order valence-corrected chi connectivity index (χ3v) is 9.41. The van der Waals surface area contributed by atoms with Gasteiger partial charge in [0.15, 0.2) is 5.78 Å². The summed E-state index contributed by atoms with van der Waals surface area (Å²) in [7, 11) is 0. The van der Waals surface area contributed by atoms with Gasteiger partial charge in [-0.1, -0.05) is 48.5 Å². The standard InChI is InChI=1S/C34H43N5O4S/c1-26(40)39-18-7-17-38(22-23-39)25-29-12-13-33(44-29)32(41)24-35-16-21-37-19-14-28(15-20-37)43-34(42)36-31-11-6-5-10-30(31)27-8-3-2-4-9-27/h2-6,8-13,28,35H,7,14-25H2,1H3,(H,36,42). The quantitative estimate of drug-likeness (QED) is 0.232. The summed E-state index contributed by atoms with van der Waals surface area (Å²) in [4.78, 5) is 45.7. The van der Waals surface area contributed by atoms with Crippen molar-refractivity contribution in [3.05, 3.63) is 76.5 Å². The van der Waals surface area contributed by atoms with Gasteiger partial charge < -0.3 is 19.9 Å². The van der Waals surface area contributed by atoms with Gasteiger partial charge >= 0.3 is 6.09 Å². The number of Topliss-reactive ketones (excluding diaryl/α,β-unsaturated/α-hetero) is 1. The Morgan fingerprint density at radius 2 is 1.64 bits per heavy atom. The van der Waals surface area contributed by atoms with Crippen LogP contribution in [0.2, 0.25) is 0 Å². The minimum atomic E-state index is -0.421. The first kappa shape index (κ1) is 31.8. The first-order chi connectivity index (χ1) is 21.4. The van der Waals surface area contributed by atoms with Crippen molar-refractivity contribution in [1.29, 1.82) is 0 Å². The molecule has 2 saturated heterocycles. The second-order valence-electron chi connectivity index (χ2n) is 11.5. The molecule has 0 spiro atoms. The van der Waals surface area contributed by atoms with Crippen molar-refractivity contribution >= 4 is 34.8 Å². The normalized spacial score (nSPS) is 16.8. The first-order valence-electron chi connectivity index (χ1n) is 15.6. The molecule has 234 valence electrons. The Morgan fingerprint density at radius 3 is 2.43 bits per heavy atom. The maximum absolute atomic E-state index is 12.8. The fourth-order valence-electron chi connectivity index (χ4n) is 5.81. The predicted octanol–water partition coefficient (Wildman–Crippen LogP) is 4.95. The predicted molar refractivity (Wildman–Crippen MR) is 175 cm³/mol. The van der Waals surface area contributed by atoms with Crippen LogP contribution >= 0.6 is 11.3 Å². The minimum absolute atomic E-state index is 0.111. The zero-order chi connectivity index (χ0) is 30.7. The number of nitrogens with one attached hydrogen (secondary N) is 2. The maximum atomic E-state index is 12.8. The van der Waals surface area contributed by atoms with Gasteiger partial charge in [-0.25, -0.2) is 4.79 Å². The molecule has 0 aliphatic carbocycles. The summed E-state index contributed by atoms with van der Waals surface area (Å²) in [5.74, 6) is 0.259. The van der Waals surface area contributed by atoms with E-state index in [-0.39, 0.29) is 17.8 Å². The molecule has 5 rings (SSSR count). The van der Waals surface area contributed by atoms with E-state index >= 15 is 0 Å². The molecular weight excluding hydrogens is 574 g/mol. The number of likely N-dealkylation sites (tertiary alicyclic amines) is 1. The van der Waals surface area contributed by atoms with Crippen LogP contribution in [0.25, 0.3) is 11.1 Å². The number of anilines is 1. The monoisotopic (exact) mass is 617 g/mol. The molecule has 1 aromatic heterocycles. The molecule has 44 heavy (non-hydrogen) atoms. The molecule has 2 amide bonds. The number of carbonyl (C=O) groups excluding carboxylic acids is 3. The smallest absolute Gasteiger partial charge is 0.411 e. The molecule has 2 aliphatic heterocycles. The van der Waals surface area contributed by atoms with E-state index in [9.17, 15) is 14.4 Å². The number of nitrogens with zero attached hydrogens (tertiary/aromatic N) is 3. The van der Waals surface area contributed by atoms with Crippen LogP contribution in [0.15, 0.2) is 66.7 Å². The summed E-state index contributed by atoms with van der Waals surface area (Å²) in [5.41, 5.74) is 2.74. The molecule has 2 fully saturated rings. The maximum Gasteiger partial charge on any atom is 0.411 e. The highest BCUT2D eigenvalue weighted by Gasteiger charge is 2.23. The lowest BCUT2D eigenvalue weighted by atomic mass is 10.0. The molecule has 0 radical (unpaired) electrons. The van der Waals surface area contributed by atoms with E-state index < -0.39 is 6.09 Å². The molecule has 10 heteroatoms. The van der Waals surface area contributed by atoms with Crippen molar-refractivity contribution in [3.8, 4) is 11.1 Å². The molecule has 0 atom stereocenters. The number of rotatable bonds is 11. The summed E-state index contributed by atoms with van der Waals surface area (Å²) in [6.07, 6.45) is 2.02. The topological polar surface area (TPSA) is 94.2 Å². The largest absolute Gasteiger partial charge is 0.446 e. The van der Waals surface area contributed by atoms with Gasteiger partial charge in [0.25, 0.3) is 0 Å². The van der Waals surface area contributed by atoms with Crippen molar-refractivity contribution < 1.29 is 19.1 Å². The Morgan fingerprint density at radius 1 is 0.864 bits per heavy atom. The third kappa shape index (κ3) is 9.22. The van der Waals surface area contributed by atoms with Gasteiger partial charge in [-0.15, -0.1) is 11.3 Å². The van der Waals surface area contributed by atoms with E-state index in [2.05, 4.69) is 26.5 Å². The lowest BCUT2D eigenvalue weighted by molar-refractivity contribution is -0.128. The third-order valence-electron chi connectivity index (χ3n) is 8.30. The molecule has 0 unspecified atom stereocenters. The van der Waals surface area contributed by atoms with Gasteiger partial charge in [-0.2, -0.15) is 0 Å². The van der Waals surface area contributed by atoms with E-state index in [1.165, 1.54) is 4.88 Å². The molecule has 2 aliphatic rings. The number of hydrogen-bond acceptors (Lipinski definition) is 8. The SMILES string of the molecule is CC(=O)N1CCCN(Cc2ccc(C(=O)CNCCN3CCC(OC(=O)Nc4ccccc4-c4ccccc4)CC3)s2)CC1. The van der Waals surface area contributed by atoms with Crippen LogP contribution < -0.4 is 10.6 Å². The highest BCUT2D eigenvalue weighted by atomic mass is 32.1. The van der Waals surface area contributed by atoms with Gasteiger partial charge in [0.1, 0.15) is 6.10 Å². The fourth-order valence-corrected chi connectivity index (χ4v) is 6.79. The van der Waals surface area contributed by atoms with Crippen LogP contribution in [-0.2, 0) is 16.1 Å². The summed E-state index contributed by atoms with van der Waals surface area (Å²) in [6.45, 7) is 9.46. The first-order valence-corrected chi connectivity index (χ1v) is 16.4. The molecule has 0 saturated carbocycles. The van der Waals surface area contributed by atoms with Crippen molar-refractivity contribution in [2.45, 2.75) is 38.8 Å². The highest BCUT2D eigenvalue weighted by molar-refractivity contribution is 7.14. The Labute approximate surface area is 264 Å². The summed E-state index contributed by atoms with van der Waals surface area (Å²) < 4.78 is 5.76. The number of amides is 2. The van der Waals surface area contributed by atoms with E-state index in [1.54, 1.807) is 18.3 Å². The number of hydrogen-bond donors (Lipinski definition) is 2. The Kier molecular flexibility index (Phi) is 11.5. The van der Waals surface area contributed by atoms with Crippen LogP contribution in [0.5, 0.6) is 0 Å². The molecule has 3 heterocycles. The minimum Gasteiger partial charge on any atom is -0.446 e. The van der Waals surface area contributed by atoms with E-state index in [4.69, 9.17) is 4.74 Å². The number of ether oxygens (including phenoxy) is 1. The number of benzene rings is 2. The molecule has 3 aromatic rings. The lowest BCUT2D eigenvalue weighted by Crippen LogP contribution is -2.41. The van der Waals surface area contributed by atoms with Crippen molar-refractivity contribution in [1.82, 2.24) is 20.0 Å². The second-order valence-corrected chi connectivity index (χ2v) is 12.7. The molecule has 2 aromatic carbocycles. The average Bonchev–Trinajstić information content (AvgIpc) is 3.37. The van der Waals surface area contributed by atoms with E-state index in [0.29, 0.717) is 6.54 Å². The zero-order valence-corrected chi connectivity index (χ0v) is 26.3. The Bertz CT molecular complexity index is 1390. The van der Waals surface area contributed by atoms with Crippen LogP contribution in [0.4, 0.5) is 10.5 Å². The van der Waals surface area contributed by atoms with Gasteiger partial charge in [0.05, 0.1) is 17.1 Å². The van der Waals surface area contributed by atoms with E-state index in [0.717, 1.165) is 99.9 Å². The van der Waals surface area contributed by atoms with Crippen molar-refractivity contribution in [2.75, 3.05) is 64.2 Å². The van der Waals surface area contributed by atoms with Crippen molar-refractivity contribution in [3.63, 3.8) is 0 Å². The van der Waals surface area contributed by atoms with Crippen molar-refractivity contribution in [2.24, 2.45) is 0 Å². The average molecular weight is 618 g/mol. The molecule has 0 bridgehead atoms. The van der Waals surface area contributed by atoms with E-state index in [1.807, 2.05) is 65.6 Å². The molecule has 2 N–H and O–H groups in total. The zero-order valence-electron chi connectivity index (χ0n) is 25.5. The van der Waals surface area contributed by atoms with Gasteiger partial charge in [0, 0.05) is 76.3 Å². The van der Waals surface area contributed by atoms with Crippen LogP contribution in [0, 0.1) is 0 Å². The molecular formula is C34H43N5O4S. The van der Waals surface area contributed by atoms with Gasteiger partial charge in [0.2, 0.25) is 5.91 Å². The number of piperidine rings is 1. The van der Waals surface area contributed by atoms with Crippen LogP contribution in [0.1, 0.15) is 40.7 Å². The number of para-hydroxylation sites is 1. The number of ketones is 1. The van der Waals surface area contributed by atoms with Crippen LogP contribution in [0.3, 0.4) is 0 Å². The summed E-state index contributed by atoms with van der Waals surface area (Å²) in [6, 6.07) is 21.7. The second kappa shape index (κ2) is 15.9. The van der Waals surface area contributed by atoms with Gasteiger partial charge in [-0.3, -0.25) is 19.8 Å². The summed E-state index contributed by atoms with van der Waals surface area (Å²) in [5, 5.41) is 6.24.